The van der Waals surface area contributed by atoms with E-state index in [9.17, 15) is 9.59 Å². The summed E-state index contributed by atoms with van der Waals surface area (Å²) in [6, 6.07) is 0.161. The number of nitrogens with zero attached hydrogens (tertiary/aromatic N) is 2. The molecular weight excluding hydrogens is 298 g/mol. The minimum Gasteiger partial charge on any atom is -0.352 e. The molecule has 18 heavy (non-hydrogen) atoms. The molecule has 0 unspecified atom stereocenters. The van der Waals surface area contributed by atoms with E-state index in [4.69, 9.17) is 0 Å². The van der Waals surface area contributed by atoms with Crippen LogP contribution in [0.2, 0.25) is 0 Å². The van der Waals surface area contributed by atoms with Crippen LogP contribution in [-0.2, 0) is 11.3 Å². The number of aromatic nitrogens is 2. The number of aryl methyl sites for hydroxylation is 1. The highest BCUT2D eigenvalue weighted by molar-refractivity contribution is 9.10. The molecule has 1 N–H and O–H groups in total. The summed E-state index contributed by atoms with van der Waals surface area (Å²) in [7, 11) is 0. The number of halogens is 1. The van der Waals surface area contributed by atoms with Gasteiger partial charge in [-0.05, 0) is 35.7 Å². The molecule has 0 bridgehead atoms. The highest BCUT2D eigenvalue weighted by Crippen LogP contribution is 2.02. The first-order chi connectivity index (χ1) is 8.49. The Morgan fingerprint density at radius 2 is 2.11 bits per heavy atom. The minimum absolute atomic E-state index is 0.00755. The smallest absolute Gasteiger partial charge is 0.268 e. The van der Waals surface area contributed by atoms with Gasteiger partial charge < -0.3 is 5.32 Å². The van der Waals surface area contributed by atoms with Gasteiger partial charge in [0.15, 0.2) is 0 Å². The second kappa shape index (κ2) is 6.68. The first-order valence-electron chi connectivity index (χ1n) is 6.00. The maximum absolute atomic E-state index is 11.8. The minimum atomic E-state index is -0.234. The van der Waals surface area contributed by atoms with Gasteiger partial charge in [-0.1, -0.05) is 13.8 Å². The second-order valence-corrected chi connectivity index (χ2v) is 4.98. The number of carbonyl (C=O) groups excluding carboxylic acids is 1. The molecule has 1 heterocycles. The first-order valence-corrected chi connectivity index (χ1v) is 6.80. The highest BCUT2D eigenvalue weighted by atomic mass is 79.9. The van der Waals surface area contributed by atoms with E-state index in [1.54, 1.807) is 6.92 Å². The van der Waals surface area contributed by atoms with Crippen molar-refractivity contribution in [1.29, 1.82) is 0 Å². The van der Waals surface area contributed by atoms with Crippen LogP contribution in [0.5, 0.6) is 0 Å². The Morgan fingerprint density at radius 3 is 2.67 bits per heavy atom. The number of hydrogen-bond donors (Lipinski definition) is 1. The summed E-state index contributed by atoms with van der Waals surface area (Å²) in [4.78, 5) is 27.7. The summed E-state index contributed by atoms with van der Waals surface area (Å²) in [5, 5.41) is 2.90. The van der Waals surface area contributed by atoms with Crippen LogP contribution in [0.1, 0.15) is 32.5 Å². The van der Waals surface area contributed by atoms with Crippen molar-refractivity contribution < 1.29 is 4.79 Å². The van der Waals surface area contributed by atoms with Crippen molar-refractivity contribution in [3.8, 4) is 0 Å². The molecule has 5 nitrogen and oxygen atoms in total. The maximum Gasteiger partial charge on any atom is 0.268 e. The van der Waals surface area contributed by atoms with Gasteiger partial charge in [0, 0.05) is 12.2 Å². The average Bonchev–Trinajstić information content (AvgIpc) is 2.36. The van der Waals surface area contributed by atoms with Crippen LogP contribution in [0.15, 0.2) is 15.5 Å². The largest absolute Gasteiger partial charge is 0.352 e. The van der Waals surface area contributed by atoms with Crippen LogP contribution in [0.4, 0.5) is 0 Å². The standard InChI is InChI=1S/C12H18BrN3O2/c1-4-9(5-2)15-11(17)7-16-8(3)14-6-10(13)12(16)18/h6,9H,4-5,7H2,1-3H3,(H,15,17). The second-order valence-electron chi connectivity index (χ2n) is 4.13. The molecule has 1 aromatic rings. The molecular formula is C12H18BrN3O2. The molecule has 0 radical (unpaired) electrons. The van der Waals surface area contributed by atoms with E-state index < -0.39 is 0 Å². The molecule has 0 atom stereocenters. The molecule has 0 aliphatic rings. The summed E-state index contributed by atoms with van der Waals surface area (Å²) < 4.78 is 1.73. The van der Waals surface area contributed by atoms with Crippen molar-refractivity contribution >= 4 is 21.8 Å². The van der Waals surface area contributed by atoms with Crippen LogP contribution in [0, 0.1) is 6.92 Å². The van der Waals surface area contributed by atoms with Gasteiger partial charge in [-0.15, -0.1) is 0 Å². The van der Waals surface area contributed by atoms with Gasteiger partial charge in [-0.2, -0.15) is 0 Å². The van der Waals surface area contributed by atoms with Crippen molar-refractivity contribution in [2.45, 2.75) is 46.2 Å². The Morgan fingerprint density at radius 1 is 1.50 bits per heavy atom. The SMILES string of the molecule is CCC(CC)NC(=O)Cn1c(C)ncc(Br)c1=O. The molecule has 0 saturated carbocycles. The lowest BCUT2D eigenvalue weighted by Gasteiger charge is -2.16. The van der Waals surface area contributed by atoms with E-state index in [1.165, 1.54) is 10.8 Å². The van der Waals surface area contributed by atoms with Crippen LogP contribution < -0.4 is 10.9 Å². The summed E-state index contributed by atoms with van der Waals surface area (Å²) in [6.07, 6.45) is 3.21. The summed E-state index contributed by atoms with van der Waals surface area (Å²) >= 11 is 3.12. The Balaban J connectivity index is 2.82. The van der Waals surface area contributed by atoms with Crippen LogP contribution in [0.25, 0.3) is 0 Å². The molecule has 1 aromatic heterocycles. The molecule has 0 aliphatic carbocycles. The molecule has 0 aromatic carbocycles. The number of nitrogens with one attached hydrogen (secondary N) is 1. The number of hydrogen-bond acceptors (Lipinski definition) is 3. The lowest BCUT2D eigenvalue weighted by atomic mass is 10.2. The fourth-order valence-corrected chi connectivity index (χ4v) is 1.96. The van der Waals surface area contributed by atoms with Crippen molar-refractivity contribution in [3.05, 3.63) is 26.8 Å². The van der Waals surface area contributed by atoms with E-state index in [-0.39, 0.29) is 24.1 Å². The molecule has 6 heteroatoms. The third kappa shape index (κ3) is 3.66. The summed E-state index contributed by atoms with van der Waals surface area (Å²) in [5.41, 5.74) is -0.234. The van der Waals surface area contributed by atoms with Gasteiger partial charge in [0.1, 0.15) is 16.8 Å². The molecule has 0 aliphatic heterocycles. The van der Waals surface area contributed by atoms with Crippen molar-refractivity contribution in [3.63, 3.8) is 0 Å². The summed E-state index contributed by atoms with van der Waals surface area (Å²) in [5.74, 6) is 0.372. The first kappa shape index (κ1) is 14.9. The molecule has 0 saturated heterocycles. The van der Waals surface area contributed by atoms with Crippen LogP contribution in [0.3, 0.4) is 0 Å². The highest BCUT2D eigenvalue weighted by Gasteiger charge is 2.12. The van der Waals surface area contributed by atoms with Crippen molar-refractivity contribution in [2.75, 3.05) is 0 Å². The molecule has 1 amide bonds. The third-order valence-corrected chi connectivity index (χ3v) is 3.40. The van der Waals surface area contributed by atoms with Gasteiger partial charge in [-0.3, -0.25) is 14.2 Å². The van der Waals surface area contributed by atoms with Gasteiger partial charge in [-0.25, -0.2) is 4.98 Å². The van der Waals surface area contributed by atoms with E-state index >= 15 is 0 Å². The van der Waals surface area contributed by atoms with Gasteiger partial charge in [0.2, 0.25) is 5.91 Å². The van der Waals surface area contributed by atoms with Crippen LogP contribution in [-0.4, -0.2) is 21.5 Å². The number of rotatable bonds is 5. The predicted molar refractivity (Wildman–Crippen MR) is 73.4 cm³/mol. The molecule has 0 spiro atoms. The Bertz CT molecular complexity index is 481. The Labute approximate surface area is 115 Å². The topological polar surface area (TPSA) is 64.0 Å². The van der Waals surface area contributed by atoms with Crippen molar-refractivity contribution in [2.24, 2.45) is 0 Å². The quantitative estimate of drug-likeness (QED) is 0.898. The van der Waals surface area contributed by atoms with Gasteiger partial charge >= 0.3 is 0 Å². The average molecular weight is 316 g/mol. The fourth-order valence-electron chi connectivity index (χ4n) is 1.65. The van der Waals surface area contributed by atoms with E-state index in [2.05, 4.69) is 26.2 Å². The van der Waals surface area contributed by atoms with Crippen molar-refractivity contribution in [1.82, 2.24) is 14.9 Å². The zero-order valence-electron chi connectivity index (χ0n) is 10.9. The lowest BCUT2D eigenvalue weighted by Crippen LogP contribution is -2.39. The van der Waals surface area contributed by atoms with E-state index in [1.807, 2.05) is 13.8 Å². The maximum atomic E-state index is 11.8. The summed E-state index contributed by atoms with van der Waals surface area (Å²) in [6.45, 7) is 5.75. The normalized spacial score (nSPS) is 10.7. The lowest BCUT2D eigenvalue weighted by molar-refractivity contribution is -0.122. The number of carbonyl (C=O) groups is 1. The molecule has 1 rings (SSSR count). The van der Waals surface area contributed by atoms with E-state index in [0.29, 0.717) is 10.3 Å². The monoisotopic (exact) mass is 315 g/mol. The zero-order valence-corrected chi connectivity index (χ0v) is 12.5. The molecule has 100 valence electrons. The Hall–Kier alpha value is -1.17. The zero-order chi connectivity index (χ0) is 13.7. The van der Waals surface area contributed by atoms with Crippen LogP contribution >= 0.6 is 15.9 Å². The van der Waals surface area contributed by atoms with E-state index in [0.717, 1.165) is 12.8 Å². The predicted octanol–water partition coefficient (Wildman–Crippen LogP) is 1.62. The van der Waals surface area contributed by atoms with Gasteiger partial charge in [0.05, 0.1) is 0 Å². The number of amides is 1. The van der Waals surface area contributed by atoms with Gasteiger partial charge in [0.25, 0.3) is 5.56 Å². The fraction of sp³-hybridized carbons (Fsp3) is 0.583. The Kier molecular flexibility index (Phi) is 5.53. The third-order valence-electron chi connectivity index (χ3n) is 2.86. The molecule has 0 fully saturated rings.